The van der Waals surface area contributed by atoms with Gasteiger partial charge in [-0.2, -0.15) is 0 Å². The molecule has 1 spiro atoms. The maximum Gasteiger partial charge on any atom is 0.238 e. The monoisotopic (exact) mass is 506 g/mol. The summed E-state index contributed by atoms with van der Waals surface area (Å²) in [5, 5.41) is 14.5. The second-order valence-electron chi connectivity index (χ2n) is 11.5. The average molecular weight is 507 g/mol. The molecule has 1 atom stereocenters. The standard InChI is InChI=1S/C30H42N4O3/c1-32(2)30(24-11-5-4-6-12-24)17-15-29(16-18-30)22-33(28(36)34(29)20-23-9-7-10-23)21-27(35)31-25-13-8-14-26(19-25)37-3/h4-6,8,11-14,19,23,28,36H,7,9-10,15-18,20-22H2,1-3H3,(H,31,35). The fourth-order valence-electron chi connectivity index (χ4n) is 6.77. The van der Waals surface area contributed by atoms with Crippen molar-refractivity contribution in [3.05, 3.63) is 60.2 Å². The SMILES string of the molecule is COc1cccc(NC(=O)CN2CC3(CCC(c4ccccc4)(N(C)C)CC3)N(CC3CCC3)C2O)c1. The van der Waals surface area contributed by atoms with Crippen molar-refractivity contribution >= 4 is 11.6 Å². The molecule has 7 nitrogen and oxygen atoms in total. The Hall–Kier alpha value is -2.45. The van der Waals surface area contributed by atoms with Crippen molar-refractivity contribution in [1.29, 1.82) is 0 Å². The van der Waals surface area contributed by atoms with Gasteiger partial charge < -0.3 is 15.2 Å². The number of rotatable bonds is 8. The van der Waals surface area contributed by atoms with E-state index in [4.69, 9.17) is 4.74 Å². The van der Waals surface area contributed by atoms with Crippen molar-refractivity contribution in [3.8, 4) is 5.75 Å². The zero-order valence-corrected chi connectivity index (χ0v) is 22.5. The van der Waals surface area contributed by atoms with Gasteiger partial charge in [0.1, 0.15) is 5.75 Å². The smallest absolute Gasteiger partial charge is 0.238 e. The van der Waals surface area contributed by atoms with Gasteiger partial charge in [-0.25, -0.2) is 0 Å². The lowest BCUT2D eigenvalue weighted by Gasteiger charge is -2.52. The summed E-state index contributed by atoms with van der Waals surface area (Å²) < 4.78 is 5.28. The van der Waals surface area contributed by atoms with Crippen molar-refractivity contribution < 1.29 is 14.6 Å². The minimum Gasteiger partial charge on any atom is -0.497 e. The third kappa shape index (κ3) is 5.15. The zero-order chi connectivity index (χ0) is 26.0. The molecule has 1 unspecified atom stereocenters. The molecule has 2 saturated carbocycles. The molecule has 3 fully saturated rings. The first-order valence-corrected chi connectivity index (χ1v) is 13.7. The van der Waals surface area contributed by atoms with Gasteiger partial charge >= 0.3 is 0 Å². The Morgan fingerprint density at radius 1 is 1.08 bits per heavy atom. The minimum absolute atomic E-state index is 0.00321. The summed E-state index contributed by atoms with van der Waals surface area (Å²) >= 11 is 0. The molecule has 1 heterocycles. The highest BCUT2D eigenvalue weighted by Gasteiger charge is 2.55. The quantitative estimate of drug-likeness (QED) is 0.562. The van der Waals surface area contributed by atoms with Crippen LogP contribution in [0.2, 0.25) is 0 Å². The molecular weight excluding hydrogens is 464 g/mol. The fraction of sp³-hybridized carbons (Fsp3) is 0.567. The van der Waals surface area contributed by atoms with Crippen LogP contribution in [0.25, 0.3) is 0 Å². The summed E-state index contributed by atoms with van der Waals surface area (Å²) in [6.07, 6.45) is 7.08. The van der Waals surface area contributed by atoms with E-state index in [0.717, 1.165) is 32.2 Å². The maximum absolute atomic E-state index is 13.0. The van der Waals surface area contributed by atoms with Gasteiger partial charge in [-0.05, 0) is 76.2 Å². The summed E-state index contributed by atoms with van der Waals surface area (Å²) in [5.41, 5.74) is 1.96. The van der Waals surface area contributed by atoms with Crippen LogP contribution in [0.5, 0.6) is 5.75 Å². The minimum atomic E-state index is -0.736. The Labute approximate surface area is 221 Å². The van der Waals surface area contributed by atoms with Gasteiger partial charge in [0.25, 0.3) is 0 Å². The van der Waals surface area contributed by atoms with Gasteiger partial charge in [0.15, 0.2) is 6.35 Å². The van der Waals surface area contributed by atoms with Crippen LogP contribution < -0.4 is 10.1 Å². The van der Waals surface area contributed by atoms with Gasteiger partial charge in [0.05, 0.1) is 13.7 Å². The van der Waals surface area contributed by atoms with Crippen LogP contribution in [0.3, 0.4) is 0 Å². The normalized spacial score (nSPS) is 28.9. The van der Waals surface area contributed by atoms with Crippen LogP contribution in [0.1, 0.15) is 50.5 Å². The van der Waals surface area contributed by atoms with E-state index in [9.17, 15) is 9.90 Å². The summed E-state index contributed by atoms with van der Waals surface area (Å²) in [6.45, 7) is 1.79. The number of methoxy groups -OCH3 is 1. The largest absolute Gasteiger partial charge is 0.497 e. The first-order chi connectivity index (χ1) is 17.8. The molecule has 200 valence electrons. The van der Waals surface area contributed by atoms with Crippen molar-refractivity contribution in [2.45, 2.75) is 62.4 Å². The van der Waals surface area contributed by atoms with Crippen molar-refractivity contribution in [3.63, 3.8) is 0 Å². The molecule has 1 saturated heterocycles. The Kier molecular flexibility index (Phi) is 7.59. The third-order valence-corrected chi connectivity index (χ3v) is 9.27. The Balaban J connectivity index is 1.33. The molecule has 1 aliphatic heterocycles. The fourth-order valence-corrected chi connectivity index (χ4v) is 6.77. The number of aliphatic hydroxyl groups excluding tert-OH is 1. The zero-order valence-electron chi connectivity index (χ0n) is 22.5. The number of amides is 1. The van der Waals surface area contributed by atoms with Crippen LogP contribution in [-0.4, -0.2) is 78.4 Å². The molecule has 0 bridgehead atoms. The predicted molar refractivity (Wildman–Crippen MR) is 146 cm³/mol. The topological polar surface area (TPSA) is 68.3 Å². The molecule has 2 aromatic rings. The Morgan fingerprint density at radius 3 is 2.43 bits per heavy atom. The molecule has 2 aromatic carbocycles. The summed E-state index contributed by atoms with van der Waals surface area (Å²) in [7, 11) is 6.00. The van der Waals surface area contributed by atoms with E-state index in [-0.39, 0.29) is 23.5 Å². The first kappa shape index (κ1) is 26.2. The van der Waals surface area contributed by atoms with Gasteiger partial charge in [-0.3, -0.25) is 19.5 Å². The van der Waals surface area contributed by atoms with Crippen LogP contribution in [0.4, 0.5) is 5.69 Å². The highest BCUT2D eigenvalue weighted by Crippen LogP contribution is 2.50. The number of anilines is 1. The number of ether oxygens (including phenoxy) is 1. The highest BCUT2D eigenvalue weighted by atomic mass is 16.5. The number of benzene rings is 2. The number of aliphatic hydroxyl groups is 1. The van der Waals surface area contributed by atoms with Crippen LogP contribution in [-0.2, 0) is 10.3 Å². The molecule has 2 aliphatic carbocycles. The van der Waals surface area contributed by atoms with Crippen molar-refractivity contribution in [1.82, 2.24) is 14.7 Å². The molecule has 2 N–H and O–H groups in total. The van der Waals surface area contributed by atoms with E-state index in [1.807, 2.05) is 29.2 Å². The number of carbonyl (C=O) groups is 1. The summed E-state index contributed by atoms with van der Waals surface area (Å²) in [6, 6.07) is 18.2. The number of hydrogen-bond donors (Lipinski definition) is 2. The Bertz CT molecular complexity index is 1060. The second kappa shape index (κ2) is 10.7. The lowest BCUT2D eigenvalue weighted by Crippen LogP contribution is -2.57. The van der Waals surface area contributed by atoms with Gasteiger partial charge in [0.2, 0.25) is 5.91 Å². The first-order valence-electron chi connectivity index (χ1n) is 13.7. The molecule has 0 radical (unpaired) electrons. The number of carbonyl (C=O) groups excluding carboxylic acids is 1. The lowest BCUT2D eigenvalue weighted by molar-refractivity contribution is -0.125. The van der Waals surface area contributed by atoms with Gasteiger partial charge in [-0.15, -0.1) is 0 Å². The summed E-state index contributed by atoms with van der Waals surface area (Å²) in [5.74, 6) is 1.23. The van der Waals surface area contributed by atoms with E-state index in [1.165, 1.54) is 24.8 Å². The van der Waals surface area contributed by atoms with Crippen molar-refractivity contribution in [2.75, 3.05) is 46.2 Å². The molecule has 3 aliphatic rings. The van der Waals surface area contributed by atoms with Crippen LogP contribution in [0, 0.1) is 5.92 Å². The molecule has 5 rings (SSSR count). The predicted octanol–water partition coefficient (Wildman–Crippen LogP) is 4.10. The van der Waals surface area contributed by atoms with E-state index in [0.29, 0.717) is 23.9 Å². The second-order valence-corrected chi connectivity index (χ2v) is 11.5. The molecule has 37 heavy (non-hydrogen) atoms. The number of nitrogens with zero attached hydrogens (tertiary/aromatic N) is 3. The number of nitrogens with one attached hydrogen (secondary N) is 1. The maximum atomic E-state index is 13.0. The number of hydrogen-bond acceptors (Lipinski definition) is 6. The van der Waals surface area contributed by atoms with E-state index in [2.05, 4.69) is 59.5 Å². The van der Waals surface area contributed by atoms with Crippen molar-refractivity contribution in [2.24, 2.45) is 5.92 Å². The molecule has 1 amide bonds. The van der Waals surface area contributed by atoms with Crippen LogP contribution in [0.15, 0.2) is 54.6 Å². The van der Waals surface area contributed by atoms with E-state index >= 15 is 0 Å². The lowest BCUT2D eigenvalue weighted by atomic mass is 9.68. The molecule has 7 heteroatoms. The van der Waals surface area contributed by atoms with E-state index < -0.39 is 6.35 Å². The molecular formula is C30H42N4O3. The van der Waals surface area contributed by atoms with Crippen LogP contribution >= 0.6 is 0 Å². The third-order valence-electron chi connectivity index (χ3n) is 9.27. The van der Waals surface area contributed by atoms with Gasteiger partial charge in [0, 0.05) is 35.9 Å². The highest BCUT2D eigenvalue weighted by molar-refractivity contribution is 5.92. The average Bonchev–Trinajstić information content (AvgIpc) is 3.12. The molecule has 0 aromatic heterocycles. The summed E-state index contributed by atoms with van der Waals surface area (Å²) in [4.78, 5) is 19.7. The van der Waals surface area contributed by atoms with E-state index in [1.54, 1.807) is 7.11 Å². The van der Waals surface area contributed by atoms with Gasteiger partial charge in [-0.1, -0.05) is 42.8 Å². The Morgan fingerprint density at radius 2 is 1.81 bits per heavy atom.